The Morgan fingerprint density at radius 2 is 2.12 bits per heavy atom. The second-order valence-corrected chi connectivity index (χ2v) is 6.48. The first-order chi connectivity index (χ1) is 11.4. The van der Waals surface area contributed by atoms with E-state index >= 15 is 0 Å². The Bertz CT molecular complexity index is 733. The van der Waals surface area contributed by atoms with E-state index < -0.39 is 23.7 Å². The summed E-state index contributed by atoms with van der Waals surface area (Å²) in [6.07, 6.45) is 1.51. The van der Waals surface area contributed by atoms with E-state index in [1.165, 1.54) is 13.2 Å². The van der Waals surface area contributed by atoms with E-state index in [0.29, 0.717) is 44.8 Å². The summed E-state index contributed by atoms with van der Waals surface area (Å²) in [4.78, 5) is 35.5. The van der Waals surface area contributed by atoms with Gasteiger partial charge in [-0.2, -0.15) is 0 Å². The Balaban J connectivity index is 2.36. The molecule has 0 bridgehead atoms. The molecule has 1 heterocycles. The van der Waals surface area contributed by atoms with Gasteiger partial charge in [0.2, 0.25) is 0 Å². The van der Waals surface area contributed by atoms with Gasteiger partial charge in [-0.1, -0.05) is 0 Å². The van der Waals surface area contributed by atoms with Crippen LogP contribution in [0, 0.1) is 0 Å². The van der Waals surface area contributed by atoms with Crippen LogP contribution >= 0.6 is 27.7 Å². The van der Waals surface area contributed by atoms with Crippen LogP contribution in [-0.4, -0.2) is 47.4 Å². The second kappa shape index (κ2) is 7.71. The van der Waals surface area contributed by atoms with E-state index in [0.717, 1.165) is 0 Å². The normalized spacial score (nSPS) is 16.0. The number of imide groups is 1. The predicted molar refractivity (Wildman–Crippen MR) is 92.2 cm³/mol. The van der Waals surface area contributed by atoms with Crippen LogP contribution in [0.15, 0.2) is 21.5 Å². The molecule has 0 aliphatic carbocycles. The first kappa shape index (κ1) is 18.3. The molecule has 0 atom stereocenters. The maximum Gasteiger partial charge on any atom is 0.323 e. The van der Waals surface area contributed by atoms with Gasteiger partial charge in [0.15, 0.2) is 11.5 Å². The number of nitrogens with zero attached hydrogens (tertiary/aromatic N) is 1. The molecule has 24 heavy (non-hydrogen) atoms. The molecule has 1 aromatic carbocycles. The Morgan fingerprint density at radius 1 is 1.42 bits per heavy atom. The number of thioether (sulfide) groups is 1. The first-order valence-electron chi connectivity index (χ1n) is 6.84. The SMILES string of the molecule is CCOc1cc(/C=C2/SC(=O)N(CC(=O)O)C2=O)cc(Br)c1OC. The summed E-state index contributed by atoms with van der Waals surface area (Å²) in [5.74, 6) is -0.861. The highest BCUT2D eigenvalue weighted by atomic mass is 79.9. The third-order valence-corrected chi connectivity index (χ3v) is 4.50. The minimum absolute atomic E-state index is 0.153. The van der Waals surface area contributed by atoms with Crippen LogP contribution in [0.3, 0.4) is 0 Å². The standard InChI is InChI=1S/C15H14BrNO6S/c1-3-23-10-5-8(4-9(16)13(10)22-2)6-11-14(20)17(7-12(18)19)15(21)24-11/h4-6H,3,7H2,1-2H3,(H,18,19)/b11-6+. The molecule has 0 aromatic heterocycles. The molecule has 9 heteroatoms. The smallest absolute Gasteiger partial charge is 0.323 e. The molecule has 0 spiro atoms. The lowest BCUT2D eigenvalue weighted by atomic mass is 10.2. The number of amides is 2. The molecule has 1 saturated heterocycles. The number of carbonyl (C=O) groups is 3. The largest absolute Gasteiger partial charge is 0.492 e. The molecule has 7 nitrogen and oxygen atoms in total. The van der Waals surface area contributed by atoms with E-state index in [2.05, 4.69) is 15.9 Å². The number of carboxylic acids is 1. The predicted octanol–water partition coefficient (Wildman–Crippen LogP) is 2.98. The van der Waals surface area contributed by atoms with Gasteiger partial charge in [0.1, 0.15) is 6.54 Å². The summed E-state index contributed by atoms with van der Waals surface area (Å²) in [5.41, 5.74) is 0.618. The minimum atomic E-state index is -1.25. The number of halogens is 1. The summed E-state index contributed by atoms with van der Waals surface area (Å²) in [7, 11) is 1.51. The molecule has 2 amide bonds. The van der Waals surface area contributed by atoms with Crippen molar-refractivity contribution < 1.29 is 29.0 Å². The fourth-order valence-corrected chi connectivity index (χ4v) is 3.52. The van der Waals surface area contributed by atoms with Gasteiger partial charge < -0.3 is 14.6 Å². The van der Waals surface area contributed by atoms with Gasteiger partial charge >= 0.3 is 5.97 Å². The molecular formula is C15H14BrNO6S. The van der Waals surface area contributed by atoms with Crippen molar-refractivity contribution >= 4 is 50.9 Å². The number of benzene rings is 1. The van der Waals surface area contributed by atoms with Gasteiger partial charge in [0, 0.05) is 0 Å². The second-order valence-electron chi connectivity index (χ2n) is 4.63. The first-order valence-corrected chi connectivity index (χ1v) is 8.45. The number of carbonyl (C=O) groups excluding carboxylic acids is 2. The Kier molecular flexibility index (Phi) is 5.89. The number of aliphatic carboxylic acids is 1. The highest BCUT2D eigenvalue weighted by Crippen LogP contribution is 2.38. The van der Waals surface area contributed by atoms with Crippen LogP contribution in [0.25, 0.3) is 6.08 Å². The molecular weight excluding hydrogens is 402 g/mol. The van der Waals surface area contributed by atoms with E-state index in [1.54, 1.807) is 12.1 Å². The number of ether oxygens (including phenoxy) is 2. The van der Waals surface area contributed by atoms with Crippen molar-refractivity contribution in [2.24, 2.45) is 0 Å². The molecule has 0 unspecified atom stereocenters. The lowest BCUT2D eigenvalue weighted by Gasteiger charge is -2.12. The molecule has 2 rings (SSSR count). The topological polar surface area (TPSA) is 93.1 Å². The number of hydrogen-bond donors (Lipinski definition) is 1. The lowest BCUT2D eigenvalue weighted by Crippen LogP contribution is -2.33. The molecule has 0 radical (unpaired) electrons. The average Bonchev–Trinajstić information content (AvgIpc) is 2.75. The maximum atomic E-state index is 12.2. The zero-order valence-corrected chi connectivity index (χ0v) is 15.3. The average molecular weight is 416 g/mol. The zero-order chi connectivity index (χ0) is 17.9. The van der Waals surface area contributed by atoms with Crippen LogP contribution in [-0.2, 0) is 9.59 Å². The van der Waals surface area contributed by atoms with Crippen LogP contribution in [0.1, 0.15) is 12.5 Å². The highest BCUT2D eigenvalue weighted by Gasteiger charge is 2.36. The van der Waals surface area contributed by atoms with Gasteiger partial charge in [-0.25, -0.2) is 0 Å². The van der Waals surface area contributed by atoms with E-state index in [-0.39, 0.29) is 4.91 Å². The van der Waals surface area contributed by atoms with Crippen molar-refractivity contribution in [3.05, 3.63) is 27.1 Å². The monoisotopic (exact) mass is 415 g/mol. The fraction of sp³-hybridized carbons (Fsp3) is 0.267. The van der Waals surface area contributed by atoms with Crippen molar-refractivity contribution in [2.75, 3.05) is 20.3 Å². The summed E-state index contributed by atoms with van der Waals surface area (Å²) in [6.45, 7) is 1.61. The minimum Gasteiger partial charge on any atom is -0.492 e. The van der Waals surface area contributed by atoms with Crippen molar-refractivity contribution in [3.63, 3.8) is 0 Å². The summed E-state index contributed by atoms with van der Waals surface area (Å²) < 4.78 is 11.4. The maximum absolute atomic E-state index is 12.2. The molecule has 0 saturated carbocycles. The molecule has 1 N–H and O–H groups in total. The number of hydrogen-bond acceptors (Lipinski definition) is 6. The quantitative estimate of drug-likeness (QED) is 0.713. The lowest BCUT2D eigenvalue weighted by molar-refractivity contribution is -0.140. The van der Waals surface area contributed by atoms with Crippen molar-refractivity contribution in [1.82, 2.24) is 4.90 Å². The van der Waals surface area contributed by atoms with Crippen LogP contribution in [0.5, 0.6) is 11.5 Å². The van der Waals surface area contributed by atoms with Crippen LogP contribution in [0.4, 0.5) is 4.79 Å². The van der Waals surface area contributed by atoms with Crippen LogP contribution < -0.4 is 9.47 Å². The molecule has 128 valence electrons. The van der Waals surface area contributed by atoms with Gasteiger partial charge in [-0.05, 0) is 58.4 Å². The van der Waals surface area contributed by atoms with Gasteiger partial charge in [0.25, 0.3) is 11.1 Å². The summed E-state index contributed by atoms with van der Waals surface area (Å²) >= 11 is 4.07. The van der Waals surface area contributed by atoms with Gasteiger partial charge in [-0.15, -0.1) is 0 Å². The zero-order valence-electron chi connectivity index (χ0n) is 12.9. The Morgan fingerprint density at radius 3 is 2.71 bits per heavy atom. The molecule has 1 aliphatic rings. The van der Waals surface area contributed by atoms with Crippen LogP contribution in [0.2, 0.25) is 0 Å². The van der Waals surface area contributed by atoms with Crippen molar-refractivity contribution in [3.8, 4) is 11.5 Å². The Labute approximate surface area is 150 Å². The third-order valence-electron chi connectivity index (χ3n) is 3.00. The van der Waals surface area contributed by atoms with Gasteiger partial charge in [0.05, 0.1) is 23.1 Å². The van der Waals surface area contributed by atoms with Crippen molar-refractivity contribution in [1.29, 1.82) is 0 Å². The Hall–Kier alpha value is -2.00. The number of rotatable bonds is 6. The van der Waals surface area contributed by atoms with E-state index in [4.69, 9.17) is 14.6 Å². The van der Waals surface area contributed by atoms with Crippen molar-refractivity contribution in [2.45, 2.75) is 6.92 Å². The molecule has 1 fully saturated rings. The fourth-order valence-electron chi connectivity index (χ4n) is 2.06. The summed E-state index contributed by atoms with van der Waals surface area (Å²) in [5, 5.41) is 8.16. The summed E-state index contributed by atoms with van der Waals surface area (Å²) in [6, 6.07) is 3.39. The van der Waals surface area contributed by atoms with E-state index in [9.17, 15) is 14.4 Å². The molecule has 1 aliphatic heterocycles. The number of methoxy groups -OCH3 is 1. The highest BCUT2D eigenvalue weighted by molar-refractivity contribution is 9.10. The van der Waals surface area contributed by atoms with E-state index in [1.807, 2.05) is 6.92 Å². The molecule has 1 aromatic rings. The third kappa shape index (κ3) is 3.90. The van der Waals surface area contributed by atoms with Gasteiger partial charge in [-0.3, -0.25) is 19.3 Å². The number of carboxylic acid groups (broad SMARTS) is 1.